The maximum absolute atomic E-state index is 11.6. The molecule has 5 nitrogen and oxygen atoms in total. The van der Waals surface area contributed by atoms with Gasteiger partial charge in [-0.3, -0.25) is 9.69 Å². The van der Waals surface area contributed by atoms with Crippen molar-refractivity contribution in [2.45, 2.75) is 20.3 Å². The number of nitrogens with zero attached hydrogens (tertiary/aromatic N) is 2. The Balaban J connectivity index is 4.19. The summed E-state index contributed by atoms with van der Waals surface area (Å²) in [6, 6.07) is 0. The summed E-state index contributed by atoms with van der Waals surface area (Å²) in [6.45, 7) is 5.97. The predicted octanol–water partition coefficient (Wildman–Crippen LogP) is 0.906. The molecule has 0 radical (unpaired) electrons. The first-order valence-electron chi connectivity index (χ1n) is 6.27. The van der Waals surface area contributed by atoms with Crippen LogP contribution in [-0.2, 0) is 14.3 Å². The number of hydrogen-bond acceptors (Lipinski definition) is 4. The molecule has 0 aliphatic heterocycles. The van der Waals surface area contributed by atoms with Crippen molar-refractivity contribution < 1.29 is 14.3 Å². The smallest absolute Gasteiger partial charge is 0.330 e. The van der Waals surface area contributed by atoms with Gasteiger partial charge in [0.1, 0.15) is 0 Å². The molecule has 0 fully saturated rings. The number of rotatable bonds is 8. The third-order valence-electron chi connectivity index (χ3n) is 2.30. The second-order valence-electron chi connectivity index (χ2n) is 4.18. The topological polar surface area (TPSA) is 49.9 Å². The summed E-state index contributed by atoms with van der Waals surface area (Å²) < 4.78 is 4.78. The lowest BCUT2D eigenvalue weighted by atomic mass is 10.3. The summed E-state index contributed by atoms with van der Waals surface area (Å²) in [6.07, 6.45) is 4.11. The maximum Gasteiger partial charge on any atom is 0.330 e. The van der Waals surface area contributed by atoms with Gasteiger partial charge in [-0.25, -0.2) is 4.79 Å². The first-order chi connectivity index (χ1) is 8.51. The number of ether oxygens (including phenoxy) is 1. The first-order valence-corrected chi connectivity index (χ1v) is 6.27. The van der Waals surface area contributed by atoms with Crippen LogP contribution >= 0.6 is 0 Å². The Bertz CT molecular complexity index is 288. The van der Waals surface area contributed by atoms with Gasteiger partial charge in [-0.1, -0.05) is 13.0 Å². The highest BCUT2D eigenvalue weighted by Gasteiger charge is 2.10. The molecular formula is C13H24N2O3. The molecule has 1 amide bonds. The third-order valence-corrected chi connectivity index (χ3v) is 2.30. The lowest BCUT2D eigenvalue weighted by molar-refractivity contribution is -0.137. The van der Waals surface area contributed by atoms with Crippen LogP contribution < -0.4 is 0 Å². The van der Waals surface area contributed by atoms with E-state index in [0.717, 1.165) is 13.0 Å². The Morgan fingerprint density at radius 1 is 1.22 bits per heavy atom. The summed E-state index contributed by atoms with van der Waals surface area (Å²) in [5.74, 6) is -0.277. The van der Waals surface area contributed by atoms with Crippen molar-refractivity contribution >= 4 is 11.9 Å². The van der Waals surface area contributed by atoms with E-state index in [-0.39, 0.29) is 11.9 Å². The Kier molecular flexibility index (Phi) is 8.92. The van der Waals surface area contributed by atoms with Crippen molar-refractivity contribution in [1.82, 2.24) is 9.80 Å². The summed E-state index contributed by atoms with van der Waals surface area (Å²) in [5.41, 5.74) is 0. The van der Waals surface area contributed by atoms with Gasteiger partial charge < -0.3 is 9.64 Å². The Morgan fingerprint density at radius 2 is 1.89 bits per heavy atom. The van der Waals surface area contributed by atoms with Gasteiger partial charge in [0.25, 0.3) is 0 Å². The fourth-order valence-electron chi connectivity index (χ4n) is 1.37. The molecule has 0 saturated carbocycles. The molecule has 18 heavy (non-hydrogen) atoms. The zero-order valence-corrected chi connectivity index (χ0v) is 11.8. The van der Waals surface area contributed by atoms with E-state index >= 15 is 0 Å². The van der Waals surface area contributed by atoms with Gasteiger partial charge in [0.15, 0.2) is 0 Å². The average Bonchev–Trinajstić information content (AvgIpc) is 2.29. The second kappa shape index (κ2) is 9.65. The van der Waals surface area contributed by atoms with Crippen molar-refractivity contribution in [3.05, 3.63) is 12.2 Å². The van der Waals surface area contributed by atoms with Crippen LogP contribution in [0.4, 0.5) is 0 Å². The highest BCUT2D eigenvalue weighted by Crippen LogP contribution is 1.95. The Morgan fingerprint density at radius 3 is 2.39 bits per heavy atom. The van der Waals surface area contributed by atoms with Gasteiger partial charge in [-0.2, -0.15) is 0 Å². The molecule has 0 heterocycles. The fraction of sp³-hybridized carbons (Fsp3) is 0.692. The molecule has 0 rings (SSSR count). The molecule has 0 aromatic heterocycles. The minimum Gasteiger partial charge on any atom is -0.463 e. The highest BCUT2D eigenvalue weighted by molar-refractivity contribution is 5.82. The van der Waals surface area contributed by atoms with Crippen LogP contribution in [0, 0.1) is 0 Å². The minimum absolute atomic E-state index is 0.0629. The van der Waals surface area contributed by atoms with Crippen LogP contribution in [0.3, 0.4) is 0 Å². The zero-order valence-electron chi connectivity index (χ0n) is 11.8. The van der Waals surface area contributed by atoms with E-state index in [4.69, 9.17) is 4.74 Å². The van der Waals surface area contributed by atoms with E-state index in [9.17, 15) is 9.59 Å². The molecule has 0 spiro atoms. The molecule has 0 aliphatic rings. The summed E-state index contributed by atoms with van der Waals surface area (Å²) in [5, 5.41) is 0. The molecule has 104 valence electrons. The van der Waals surface area contributed by atoms with Gasteiger partial charge >= 0.3 is 5.97 Å². The van der Waals surface area contributed by atoms with Gasteiger partial charge in [0.05, 0.1) is 13.2 Å². The van der Waals surface area contributed by atoms with Crippen molar-refractivity contribution in [2.75, 3.05) is 40.3 Å². The van der Waals surface area contributed by atoms with Crippen LogP contribution in [0.15, 0.2) is 12.2 Å². The van der Waals surface area contributed by atoms with Crippen LogP contribution in [-0.4, -0.2) is 62.0 Å². The molecule has 0 aromatic rings. The van der Waals surface area contributed by atoms with E-state index < -0.39 is 0 Å². The van der Waals surface area contributed by atoms with E-state index in [1.807, 2.05) is 4.90 Å². The minimum atomic E-state index is -0.340. The van der Waals surface area contributed by atoms with Crippen LogP contribution in [0.1, 0.15) is 20.3 Å². The number of carbonyl (C=O) groups is 2. The standard InChI is InChI=1S/C13H24N2O3/c1-5-9-15(11-12(16)14(3)4)10-7-8-13(17)18-6-2/h7-8H,5-6,9-11H2,1-4H3/b8-7+. The molecule has 0 atom stereocenters. The molecule has 0 aromatic carbocycles. The fourth-order valence-corrected chi connectivity index (χ4v) is 1.37. The van der Waals surface area contributed by atoms with Crippen molar-refractivity contribution in [3.8, 4) is 0 Å². The average molecular weight is 256 g/mol. The molecule has 0 aliphatic carbocycles. The first kappa shape index (κ1) is 16.6. The highest BCUT2D eigenvalue weighted by atomic mass is 16.5. The van der Waals surface area contributed by atoms with E-state index in [1.165, 1.54) is 6.08 Å². The molecular weight excluding hydrogens is 232 g/mol. The third kappa shape index (κ3) is 7.84. The SMILES string of the molecule is CCCN(C/C=C/C(=O)OCC)CC(=O)N(C)C. The second-order valence-corrected chi connectivity index (χ2v) is 4.18. The number of hydrogen-bond donors (Lipinski definition) is 0. The number of carbonyl (C=O) groups excluding carboxylic acids is 2. The molecule has 0 unspecified atom stereocenters. The van der Waals surface area contributed by atoms with Gasteiger partial charge in [-0.05, 0) is 19.9 Å². The van der Waals surface area contributed by atoms with Crippen LogP contribution in [0.2, 0.25) is 0 Å². The van der Waals surface area contributed by atoms with Crippen LogP contribution in [0.5, 0.6) is 0 Å². The zero-order chi connectivity index (χ0) is 14.0. The van der Waals surface area contributed by atoms with Crippen molar-refractivity contribution in [2.24, 2.45) is 0 Å². The molecule has 0 bridgehead atoms. The Hall–Kier alpha value is -1.36. The van der Waals surface area contributed by atoms with Crippen LogP contribution in [0.25, 0.3) is 0 Å². The number of likely N-dealkylation sites (N-methyl/N-ethyl adjacent to an activating group) is 1. The van der Waals surface area contributed by atoms with E-state index in [2.05, 4.69) is 6.92 Å². The normalized spacial score (nSPS) is 10.9. The summed E-state index contributed by atoms with van der Waals surface area (Å²) in [7, 11) is 3.47. The Labute approximate surface area is 109 Å². The summed E-state index contributed by atoms with van der Waals surface area (Å²) in [4.78, 5) is 26.3. The quantitative estimate of drug-likeness (QED) is 0.478. The predicted molar refractivity (Wildman–Crippen MR) is 71.2 cm³/mol. The monoisotopic (exact) mass is 256 g/mol. The van der Waals surface area contributed by atoms with E-state index in [1.54, 1.807) is 32.0 Å². The van der Waals surface area contributed by atoms with Crippen molar-refractivity contribution in [1.29, 1.82) is 0 Å². The molecule has 5 heteroatoms. The molecule has 0 N–H and O–H groups in total. The van der Waals surface area contributed by atoms with E-state index in [0.29, 0.717) is 19.7 Å². The van der Waals surface area contributed by atoms with Gasteiger partial charge in [0.2, 0.25) is 5.91 Å². The largest absolute Gasteiger partial charge is 0.463 e. The number of esters is 1. The lowest BCUT2D eigenvalue weighted by Crippen LogP contribution is -2.37. The number of amides is 1. The van der Waals surface area contributed by atoms with Crippen molar-refractivity contribution in [3.63, 3.8) is 0 Å². The summed E-state index contributed by atoms with van der Waals surface area (Å²) >= 11 is 0. The van der Waals surface area contributed by atoms with Gasteiger partial charge in [-0.15, -0.1) is 0 Å². The maximum atomic E-state index is 11.6. The lowest BCUT2D eigenvalue weighted by Gasteiger charge is -2.21. The van der Waals surface area contributed by atoms with Gasteiger partial charge in [0, 0.05) is 26.7 Å². The molecule has 0 saturated heterocycles.